The lowest BCUT2D eigenvalue weighted by Gasteiger charge is -2.24. The number of hydrogen-bond donors (Lipinski definition) is 0. The van der Waals surface area contributed by atoms with Crippen LogP contribution in [0.1, 0.15) is 42.4 Å². The molecule has 0 spiro atoms. The third-order valence-electron chi connectivity index (χ3n) is 6.79. The molecule has 0 aliphatic carbocycles. The van der Waals surface area contributed by atoms with Crippen LogP contribution in [0, 0.1) is 19.7 Å². The summed E-state index contributed by atoms with van der Waals surface area (Å²) in [4.78, 5) is 33.3. The Morgan fingerprint density at radius 1 is 1.13 bits per heavy atom. The van der Waals surface area contributed by atoms with Gasteiger partial charge in [-0.05, 0) is 93.6 Å². The van der Waals surface area contributed by atoms with Crippen LogP contribution in [0.4, 0.5) is 4.39 Å². The molecule has 1 atom stereocenters. The Hall–Kier alpha value is -3.69. The number of thiazole rings is 1. The monoisotopic (exact) mass is 561 g/mol. The Morgan fingerprint density at radius 2 is 1.82 bits per heavy atom. The van der Waals surface area contributed by atoms with E-state index in [2.05, 4.69) is 4.99 Å². The van der Waals surface area contributed by atoms with Crippen LogP contribution in [-0.4, -0.2) is 28.0 Å². The molecule has 0 bridgehead atoms. The second-order valence-electron chi connectivity index (χ2n) is 9.21. The molecule has 39 heavy (non-hydrogen) atoms. The fraction of sp³-hybridized carbons (Fsp3) is 0.233. The molecule has 2 aromatic carbocycles. The molecule has 0 amide bonds. The van der Waals surface area contributed by atoms with Gasteiger partial charge in [0, 0.05) is 22.0 Å². The molecule has 0 saturated carbocycles. The zero-order valence-corrected chi connectivity index (χ0v) is 24.0. The van der Waals surface area contributed by atoms with Crippen molar-refractivity contribution in [2.45, 2.75) is 38.6 Å². The lowest BCUT2D eigenvalue weighted by molar-refractivity contribution is -0.139. The van der Waals surface area contributed by atoms with E-state index in [0.29, 0.717) is 20.6 Å². The van der Waals surface area contributed by atoms with Gasteiger partial charge < -0.3 is 9.30 Å². The van der Waals surface area contributed by atoms with Gasteiger partial charge in [-0.3, -0.25) is 9.36 Å². The van der Waals surface area contributed by atoms with E-state index in [9.17, 15) is 14.0 Å². The van der Waals surface area contributed by atoms with E-state index < -0.39 is 12.0 Å². The van der Waals surface area contributed by atoms with Crippen molar-refractivity contribution in [3.05, 3.63) is 114 Å². The minimum Gasteiger partial charge on any atom is -0.463 e. The molecule has 0 fully saturated rings. The van der Waals surface area contributed by atoms with Gasteiger partial charge in [-0.15, -0.1) is 11.8 Å². The third kappa shape index (κ3) is 4.92. The molecule has 1 aliphatic heterocycles. The van der Waals surface area contributed by atoms with Crippen molar-refractivity contribution in [3.8, 4) is 5.69 Å². The van der Waals surface area contributed by atoms with Gasteiger partial charge >= 0.3 is 5.97 Å². The van der Waals surface area contributed by atoms with Crippen LogP contribution >= 0.6 is 23.1 Å². The van der Waals surface area contributed by atoms with Gasteiger partial charge in [-0.2, -0.15) is 0 Å². The topological polar surface area (TPSA) is 65.6 Å². The number of carbonyl (C=O) groups is 1. The Morgan fingerprint density at radius 3 is 2.46 bits per heavy atom. The molecule has 3 heterocycles. The number of nitrogens with zero attached hydrogens (tertiary/aromatic N) is 3. The maximum absolute atomic E-state index is 13.9. The van der Waals surface area contributed by atoms with Crippen LogP contribution in [-0.2, 0) is 9.53 Å². The summed E-state index contributed by atoms with van der Waals surface area (Å²) in [7, 11) is 0. The third-order valence-corrected chi connectivity index (χ3v) is 8.52. The Labute approximate surface area is 233 Å². The maximum Gasteiger partial charge on any atom is 0.338 e. The molecule has 6 nitrogen and oxygen atoms in total. The summed E-state index contributed by atoms with van der Waals surface area (Å²) in [6.45, 7) is 7.71. The summed E-state index contributed by atoms with van der Waals surface area (Å²) in [6, 6.07) is 15.5. The summed E-state index contributed by atoms with van der Waals surface area (Å²) in [5.74, 6) is -0.771. The van der Waals surface area contributed by atoms with Gasteiger partial charge in [0.1, 0.15) is 5.82 Å². The van der Waals surface area contributed by atoms with Crippen molar-refractivity contribution in [1.82, 2.24) is 9.13 Å². The van der Waals surface area contributed by atoms with E-state index in [1.54, 1.807) is 42.3 Å². The summed E-state index contributed by atoms with van der Waals surface area (Å²) in [5, 5.41) is 0. The molecule has 1 aliphatic rings. The van der Waals surface area contributed by atoms with E-state index in [4.69, 9.17) is 4.74 Å². The van der Waals surface area contributed by atoms with Crippen molar-refractivity contribution in [2.75, 3.05) is 12.9 Å². The van der Waals surface area contributed by atoms with Gasteiger partial charge in [0.2, 0.25) is 0 Å². The van der Waals surface area contributed by atoms with E-state index in [0.717, 1.165) is 33.1 Å². The minimum absolute atomic E-state index is 0.224. The number of allylic oxidation sites excluding steroid dienone is 1. The van der Waals surface area contributed by atoms with Crippen molar-refractivity contribution in [2.24, 2.45) is 4.99 Å². The highest BCUT2D eigenvalue weighted by Crippen LogP contribution is 2.31. The van der Waals surface area contributed by atoms with Crippen molar-refractivity contribution < 1.29 is 13.9 Å². The van der Waals surface area contributed by atoms with Crippen LogP contribution in [0.5, 0.6) is 0 Å². The molecule has 0 radical (unpaired) electrons. The van der Waals surface area contributed by atoms with Crippen molar-refractivity contribution in [3.63, 3.8) is 0 Å². The molecule has 1 unspecified atom stereocenters. The molecule has 200 valence electrons. The van der Waals surface area contributed by atoms with E-state index in [-0.39, 0.29) is 18.0 Å². The summed E-state index contributed by atoms with van der Waals surface area (Å²) >= 11 is 2.92. The number of hydrogen-bond acceptors (Lipinski definition) is 6. The number of rotatable bonds is 6. The Bertz CT molecular complexity index is 1780. The predicted octanol–water partition coefficient (Wildman–Crippen LogP) is 5.07. The fourth-order valence-electron chi connectivity index (χ4n) is 4.96. The molecule has 4 aromatic rings. The number of aromatic nitrogens is 2. The summed E-state index contributed by atoms with van der Waals surface area (Å²) < 4.78 is 23.0. The molecule has 2 aromatic heterocycles. The van der Waals surface area contributed by atoms with E-state index in [1.807, 2.05) is 61.1 Å². The number of esters is 1. The summed E-state index contributed by atoms with van der Waals surface area (Å²) in [5.41, 5.74) is 5.10. The van der Waals surface area contributed by atoms with Crippen LogP contribution in [0.25, 0.3) is 11.8 Å². The largest absolute Gasteiger partial charge is 0.463 e. The smallest absolute Gasteiger partial charge is 0.338 e. The number of carbonyl (C=O) groups excluding carboxylic acids is 1. The molecular formula is C30H28FN3O3S2. The average molecular weight is 562 g/mol. The van der Waals surface area contributed by atoms with Crippen molar-refractivity contribution >= 4 is 35.1 Å². The normalized spacial score (nSPS) is 15.3. The number of ether oxygens (including phenoxy) is 1. The highest BCUT2D eigenvalue weighted by Gasteiger charge is 2.33. The average Bonchev–Trinajstić information content (AvgIpc) is 3.38. The highest BCUT2D eigenvalue weighted by molar-refractivity contribution is 7.98. The highest BCUT2D eigenvalue weighted by atomic mass is 32.2. The molecular weight excluding hydrogens is 533 g/mol. The number of halogens is 1. The van der Waals surface area contributed by atoms with Crippen LogP contribution < -0.4 is 14.9 Å². The van der Waals surface area contributed by atoms with Gasteiger partial charge in [-0.1, -0.05) is 23.5 Å². The number of aryl methyl sites for hydroxylation is 1. The van der Waals surface area contributed by atoms with Crippen LogP contribution in [0.2, 0.25) is 0 Å². The number of benzene rings is 2. The lowest BCUT2D eigenvalue weighted by atomic mass is 9.96. The van der Waals surface area contributed by atoms with Gasteiger partial charge in [0.05, 0.1) is 28.5 Å². The summed E-state index contributed by atoms with van der Waals surface area (Å²) in [6.07, 6.45) is 3.86. The lowest BCUT2D eigenvalue weighted by Crippen LogP contribution is -2.39. The molecule has 5 rings (SSSR count). The first-order chi connectivity index (χ1) is 18.7. The Balaban J connectivity index is 1.68. The Kier molecular flexibility index (Phi) is 7.46. The zero-order chi connectivity index (χ0) is 27.8. The van der Waals surface area contributed by atoms with Gasteiger partial charge in [0.15, 0.2) is 4.80 Å². The molecule has 0 saturated heterocycles. The predicted molar refractivity (Wildman–Crippen MR) is 154 cm³/mol. The fourth-order valence-corrected chi connectivity index (χ4v) is 6.40. The van der Waals surface area contributed by atoms with Crippen LogP contribution in [0.3, 0.4) is 0 Å². The van der Waals surface area contributed by atoms with E-state index in [1.165, 1.54) is 23.5 Å². The number of fused-ring (bicyclic) bond motifs is 1. The molecule has 0 N–H and O–H groups in total. The van der Waals surface area contributed by atoms with Gasteiger partial charge in [0.25, 0.3) is 5.56 Å². The van der Waals surface area contributed by atoms with Crippen molar-refractivity contribution in [1.29, 1.82) is 0 Å². The zero-order valence-electron chi connectivity index (χ0n) is 22.3. The van der Waals surface area contributed by atoms with E-state index >= 15 is 0 Å². The van der Waals surface area contributed by atoms with Gasteiger partial charge in [-0.25, -0.2) is 14.2 Å². The van der Waals surface area contributed by atoms with Crippen LogP contribution in [0.15, 0.2) is 80.5 Å². The standard InChI is InChI=1S/C30H28FN3O3S2/c1-6-37-29(36)26-18(3)32-30-34(27(26)20-7-13-24(38-5)14-8-20)28(35)25(39-30)16-21-15-17(2)33(19(21)4)23-11-9-22(31)10-12-23/h7-16,27H,6H2,1-5H3/b25-16+. The minimum atomic E-state index is -0.648. The second kappa shape index (κ2) is 10.8. The first-order valence-corrected chi connectivity index (χ1v) is 14.6. The first kappa shape index (κ1) is 26.9. The second-order valence-corrected chi connectivity index (χ2v) is 11.1. The SMILES string of the molecule is CCOC(=O)C1=C(C)N=c2s/c(=C/c3cc(C)n(-c4ccc(F)cc4)c3C)c(=O)n2C1c1ccc(SC)cc1. The maximum atomic E-state index is 13.9. The molecule has 9 heteroatoms. The quantitative estimate of drug-likeness (QED) is 0.244. The number of thioether (sulfide) groups is 1. The first-order valence-electron chi connectivity index (χ1n) is 12.5.